The maximum Gasteiger partial charge on any atom is 0.221 e. The maximum absolute atomic E-state index is 2.50. The van der Waals surface area contributed by atoms with E-state index in [9.17, 15) is 0 Å². The Hall–Kier alpha value is -4.50. The predicted molar refractivity (Wildman–Crippen MR) is 164 cm³/mol. The van der Waals surface area contributed by atoms with E-state index in [1.165, 1.54) is 50.1 Å². The van der Waals surface area contributed by atoms with Crippen LogP contribution in [0.5, 0.6) is 0 Å². The molecule has 2 heterocycles. The molecule has 0 amide bonds. The lowest BCUT2D eigenvalue weighted by Crippen LogP contribution is -2.51. The van der Waals surface area contributed by atoms with E-state index in [0.717, 1.165) is 6.32 Å². The topological polar surface area (TPSA) is 6.48 Å². The first-order valence-corrected chi connectivity index (χ1v) is 13.5. The molecule has 1 atom stereocenters. The Morgan fingerprint density at radius 2 is 1.34 bits per heavy atom. The Balaban J connectivity index is 1.56. The van der Waals surface area contributed by atoms with E-state index in [1.54, 1.807) is 0 Å². The zero-order valence-electron chi connectivity index (χ0n) is 21.5. The summed E-state index contributed by atoms with van der Waals surface area (Å²) in [7, 11) is 0. The number of benzene rings is 5. The van der Waals surface area contributed by atoms with Gasteiger partial charge in [-0.25, -0.2) is 0 Å². The number of fused-ring (bicyclic) bond motifs is 8. The number of hydrogen-bond acceptors (Lipinski definition) is 2. The molecule has 5 aromatic rings. The molecule has 38 heavy (non-hydrogen) atoms. The zero-order valence-corrected chi connectivity index (χ0v) is 21.5. The molecule has 3 heteroatoms. The fourth-order valence-electron chi connectivity index (χ4n) is 6.29. The Morgan fingerprint density at radius 3 is 2.16 bits per heavy atom. The molecule has 0 spiro atoms. The SMILES string of the molecule is CC1/C=C\C=C2/CB(c3ccccc3N2c2ccccc2)c2c(ccc3ccccc23)N1c1ccccc1. The molecular formula is C35H29BN2. The van der Waals surface area contributed by atoms with Crippen LogP contribution >= 0.6 is 0 Å². The van der Waals surface area contributed by atoms with Gasteiger partial charge >= 0.3 is 0 Å². The van der Waals surface area contributed by atoms with Gasteiger partial charge in [-0.1, -0.05) is 103 Å². The highest BCUT2D eigenvalue weighted by Gasteiger charge is 2.36. The second-order valence-corrected chi connectivity index (χ2v) is 10.2. The molecule has 182 valence electrons. The molecule has 2 aliphatic rings. The van der Waals surface area contributed by atoms with E-state index >= 15 is 0 Å². The second-order valence-electron chi connectivity index (χ2n) is 10.2. The average Bonchev–Trinajstić information content (AvgIpc) is 2.97. The summed E-state index contributed by atoms with van der Waals surface area (Å²) in [6.07, 6.45) is 7.83. The lowest BCUT2D eigenvalue weighted by atomic mass is 9.35. The zero-order chi connectivity index (χ0) is 25.5. The van der Waals surface area contributed by atoms with Crippen molar-refractivity contribution >= 4 is 51.2 Å². The third kappa shape index (κ3) is 3.74. The molecule has 0 aromatic heterocycles. The molecule has 0 saturated carbocycles. The van der Waals surface area contributed by atoms with Gasteiger partial charge in [-0.05, 0) is 72.0 Å². The number of hydrogen-bond donors (Lipinski definition) is 0. The van der Waals surface area contributed by atoms with Crippen molar-refractivity contribution in [3.63, 3.8) is 0 Å². The fraction of sp³-hybridized carbons (Fsp3) is 0.0857. The summed E-state index contributed by atoms with van der Waals surface area (Å²) in [6.45, 7) is 2.52. The molecular weight excluding hydrogens is 459 g/mol. The molecule has 2 bridgehead atoms. The van der Waals surface area contributed by atoms with Crippen molar-refractivity contribution in [2.24, 2.45) is 0 Å². The normalized spacial score (nSPS) is 18.8. The van der Waals surface area contributed by atoms with Crippen LogP contribution in [0.3, 0.4) is 0 Å². The van der Waals surface area contributed by atoms with Crippen LogP contribution in [0.2, 0.25) is 6.32 Å². The van der Waals surface area contributed by atoms with Gasteiger partial charge in [0.1, 0.15) is 0 Å². The van der Waals surface area contributed by atoms with E-state index in [2.05, 4.69) is 156 Å². The second kappa shape index (κ2) is 9.43. The van der Waals surface area contributed by atoms with Gasteiger partial charge in [0.05, 0.1) is 0 Å². The van der Waals surface area contributed by atoms with Crippen molar-refractivity contribution in [3.05, 3.63) is 145 Å². The van der Waals surface area contributed by atoms with Crippen LogP contribution in [-0.4, -0.2) is 12.8 Å². The first-order valence-electron chi connectivity index (χ1n) is 13.5. The van der Waals surface area contributed by atoms with Crippen molar-refractivity contribution in [2.45, 2.75) is 19.3 Å². The van der Waals surface area contributed by atoms with Crippen molar-refractivity contribution in [1.29, 1.82) is 0 Å². The van der Waals surface area contributed by atoms with Gasteiger partial charge in [-0.3, -0.25) is 0 Å². The van der Waals surface area contributed by atoms with Crippen molar-refractivity contribution in [2.75, 3.05) is 9.80 Å². The summed E-state index contributed by atoms with van der Waals surface area (Å²) in [5.74, 6) is 0. The number of anilines is 4. The molecule has 5 aromatic carbocycles. The lowest BCUT2D eigenvalue weighted by molar-refractivity contribution is 0.866. The minimum atomic E-state index is 0.174. The molecule has 0 saturated heterocycles. The molecule has 2 nitrogen and oxygen atoms in total. The smallest absolute Gasteiger partial charge is 0.221 e. The first-order chi connectivity index (χ1) is 18.8. The van der Waals surface area contributed by atoms with Gasteiger partial charge in [-0.2, -0.15) is 0 Å². The fourth-order valence-corrected chi connectivity index (χ4v) is 6.29. The van der Waals surface area contributed by atoms with Gasteiger partial charge in [0, 0.05) is 34.5 Å². The minimum Gasteiger partial charge on any atom is -0.335 e. The summed E-state index contributed by atoms with van der Waals surface area (Å²) in [5, 5.41) is 2.61. The number of allylic oxidation sites excluding steroid dienone is 3. The van der Waals surface area contributed by atoms with E-state index in [0.29, 0.717) is 0 Å². The number of rotatable bonds is 2. The van der Waals surface area contributed by atoms with Crippen LogP contribution in [0.4, 0.5) is 22.7 Å². The van der Waals surface area contributed by atoms with Crippen LogP contribution < -0.4 is 20.7 Å². The van der Waals surface area contributed by atoms with Gasteiger partial charge in [-0.15, -0.1) is 0 Å². The van der Waals surface area contributed by atoms with Crippen molar-refractivity contribution in [1.82, 2.24) is 0 Å². The van der Waals surface area contributed by atoms with Crippen molar-refractivity contribution in [3.8, 4) is 0 Å². The minimum absolute atomic E-state index is 0.174. The van der Waals surface area contributed by atoms with E-state index in [-0.39, 0.29) is 12.8 Å². The summed E-state index contributed by atoms with van der Waals surface area (Å²) < 4.78 is 0. The van der Waals surface area contributed by atoms with Crippen LogP contribution in [0.25, 0.3) is 10.8 Å². The third-order valence-corrected chi connectivity index (χ3v) is 7.94. The third-order valence-electron chi connectivity index (χ3n) is 7.94. The highest BCUT2D eigenvalue weighted by molar-refractivity contribution is 6.90. The standard InChI is InChI=1S/C35H29BN2/c1-26-13-12-19-30-25-36(32-21-10-11-22-33(32)38(30)29-17-6-3-7-18-29)35-31-20-9-8-14-27(31)23-24-34(35)37(26)28-15-4-2-5-16-28/h2-24,26H,25H2,1H3/b13-12-,30-19+. The first kappa shape index (κ1) is 22.7. The summed E-state index contributed by atoms with van der Waals surface area (Å²) in [5.41, 5.74) is 9.04. The predicted octanol–water partition coefficient (Wildman–Crippen LogP) is 7.58. The number of para-hydroxylation sites is 3. The maximum atomic E-state index is 2.50. The van der Waals surface area contributed by atoms with Gasteiger partial charge < -0.3 is 9.80 Å². The Labute approximate surface area is 225 Å². The Bertz CT molecular complexity index is 1670. The summed E-state index contributed by atoms with van der Waals surface area (Å²) in [4.78, 5) is 4.95. The average molecular weight is 488 g/mol. The molecule has 0 aliphatic carbocycles. The summed E-state index contributed by atoms with van der Waals surface area (Å²) >= 11 is 0. The van der Waals surface area contributed by atoms with Crippen LogP contribution in [0.1, 0.15) is 6.92 Å². The number of nitrogens with zero attached hydrogens (tertiary/aromatic N) is 2. The van der Waals surface area contributed by atoms with Gasteiger partial charge in [0.15, 0.2) is 0 Å². The molecule has 7 rings (SSSR count). The Morgan fingerprint density at radius 1 is 0.658 bits per heavy atom. The van der Waals surface area contributed by atoms with Crippen LogP contribution in [0.15, 0.2) is 145 Å². The Kier molecular flexibility index (Phi) is 5.63. The quantitative estimate of drug-likeness (QED) is 0.236. The molecule has 2 aliphatic heterocycles. The highest BCUT2D eigenvalue weighted by atomic mass is 15.2. The molecule has 1 unspecified atom stereocenters. The summed E-state index contributed by atoms with van der Waals surface area (Å²) in [6, 6.07) is 44.2. The largest absolute Gasteiger partial charge is 0.335 e. The molecule has 0 N–H and O–H groups in total. The van der Waals surface area contributed by atoms with Crippen molar-refractivity contribution < 1.29 is 0 Å². The van der Waals surface area contributed by atoms with Crippen LogP contribution in [0, 0.1) is 0 Å². The van der Waals surface area contributed by atoms with E-state index < -0.39 is 0 Å². The molecule has 0 radical (unpaired) electrons. The highest BCUT2D eigenvalue weighted by Crippen LogP contribution is 2.38. The van der Waals surface area contributed by atoms with E-state index in [1.807, 2.05) is 0 Å². The van der Waals surface area contributed by atoms with Gasteiger partial charge in [0.2, 0.25) is 6.71 Å². The lowest BCUT2D eigenvalue weighted by Gasteiger charge is -2.40. The van der Waals surface area contributed by atoms with Gasteiger partial charge in [0.25, 0.3) is 0 Å². The molecule has 0 fully saturated rings. The monoisotopic (exact) mass is 488 g/mol. The van der Waals surface area contributed by atoms with Crippen LogP contribution in [-0.2, 0) is 0 Å². The van der Waals surface area contributed by atoms with E-state index in [4.69, 9.17) is 0 Å².